The molecule has 0 bridgehead atoms. The van der Waals surface area contributed by atoms with Gasteiger partial charge in [-0.25, -0.2) is 0 Å². The molecular weight excluding hydrogens is 316 g/mol. The molecule has 1 aromatic heterocycles. The van der Waals surface area contributed by atoms with Crippen molar-refractivity contribution in [2.75, 3.05) is 6.54 Å². The Balaban J connectivity index is 0.00000176. The van der Waals surface area contributed by atoms with E-state index in [2.05, 4.69) is 22.4 Å². The smallest absolute Gasteiger partial charge is 0.223 e. The molecule has 1 aromatic rings. The van der Waals surface area contributed by atoms with Gasteiger partial charge in [0.1, 0.15) is 0 Å². The van der Waals surface area contributed by atoms with E-state index in [0.29, 0.717) is 24.9 Å². The Morgan fingerprint density at radius 2 is 2.05 bits per heavy atom. The summed E-state index contributed by atoms with van der Waals surface area (Å²) in [5.41, 5.74) is 6.13. The van der Waals surface area contributed by atoms with E-state index < -0.39 is 0 Å². The van der Waals surface area contributed by atoms with E-state index in [0.717, 1.165) is 19.4 Å². The number of carbonyl (C=O) groups excluding carboxylic acids is 1. The van der Waals surface area contributed by atoms with Gasteiger partial charge in [-0.3, -0.25) is 4.79 Å². The Morgan fingerprint density at radius 3 is 2.59 bits per heavy atom. The Bertz CT molecular complexity index is 467. The van der Waals surface area contributed by atoms with Gasteiger partial charge in [-0.1, -0.05) is 25.3 Å². The minimum atomic E-state index is 0. The SMILES string of the molecule is Cl.NCC1(CC(=O)N(Cc2cccs2)C2CC2)CCCCC1. The highest BCUT2D eigenvalue weighted by atomic mass is 35.5. The van der Waals surface area contributed by atoms with Crippen LogP contribution in [0.15, 0.2) is 17.5 Å². The summed E-state index contributed by atoms with van der Waals surface area (Å²) in [5, 5.41) is 2.09. The van der Waals surface area contributed by atoms with Gasteiger partial charge in [-0.15, -0.1) is 23.7 Å². The first-order chi connectivity index (χ1) is 10.2. The molecule has 0 spiro atoms. The molecule has 2 fully saturated rings. The van der Waals surface area contributed by atoms with Gasteiger partial charge in [0.25, 0.3) is 0 Å². The number of hydrogen-bond donors (Lipinski definition) is 1. The van der Waals surface area contributed by atoms with Crippen molar-refractivity contribution < 1.29 is 4.79 Å². The average Bonchev–Trinajstić information content (AvgIpc) is 3.22. The predicted molar refractivity (Wildman–Crippen MR) is 94.3 cm³/mol. The van der Waals surface area contributed by atoms with E-state index in [1.54, 1.807) is 11.3 Å². The number of halogens is 1. The fraction of sp³-hybridized carbons (Fsp3) is 0.706. The first-order valence-electron chi connectivity index (χ1n) is 8.24. The van der Waals surface area contributed by atoms with Crippen LogP contribution in [0, 0.1) is 5.41 Å². The second-order valence-electron chi connectivity index (χ2n) is 6.77. The van der Waals surface area contributed by atoms with E-state index in [9.17, 15) is 4.79 Å². The molecule has 0 unspecified atom stereocenters. The Kier molecular flexibility index (Phi) is 6.30. The van der Waals surface area contributed by atoms with E-state index >= 15 is 0 Å². The molecule has 3 nitrogen and oxygen atoms in total. The summed E-state index contributed by atoms with van der Waals surface area (Å²) < 4.78 is 0. The van der Waals surface area contributed by atoms with Crippen LogP contribution in [0.5, 0.6) is 0 Å². The lowest BCUT2D eigenvalue weighted by Gasteiger charge is -2.37. The summed E-state index contributed by atoms with van der Waals surface area (Å²) in [6, 6.07) is 4.68. The molecule has 0 aromatic carbocycles. The normalized spacial score (nSPS) is 20.2. The Hall–Kier alpha value is -0.580. The van der Waals surface area contributed by atoms with Crippen molar-refractivity contribution in [2.24, 2.45) is 11.1 Å². The van der Waals surface area contributed by atoms with Gasteiger partial charge in [-0.2, -0.15) is 0 Å². The fourth-order valence-corrected chi connectivity index (χ4v) is 4.26. The van der Waals surface area contributed by atoms with Crippen LogP contribution in [0.4, 0.5) is 0 Å². The highest BCUT2D eigenvalue weighted by Gasteiger charge is 2.38. The minimum Gasteiger partial charge on any atom is -0.335 e. The average molecular weight is 343 g/mol. The molecule has 22 heavy (non-hydrogen) atoms. The zero-order valence-electron chi connectivity index (χ0n) is 13.1. The molecule has 1 heterocycles. The number of thiophene rings is 1. The highest BCUT2D eigenvalue weighted by Crippen LogP contribution is 2.40. The number of amides is 1. The lowest BCUT2D eigenvalue weighted by Crippen LogP contribution is -2.41. The van der Waals surface area contributed by atoms with Gasteiger partial charge < -0.3 is 10.6 Å². The first-order valence-corrected chi connectivity index (χ1v) is 9.12. The maximum Gasteiger partial charge on any atom is 0.223 e. The van der Waals surface area contributed by atoms with Gasteiger partial charge in [0.2, 0.25) is 5.91 Å². The van der Waals surface area contributed by atoms with Crippen molar-refractivity contribution in [3.8, 4) is 0 Å². The molecule has 124 valence electrons. The molecule has 1 amide bonds. The van der Waals surface area contributed by atoms with Crippen LogP contribution in [0.2, 0.25) is 0 Å². The lowest BCUT2D eigenvalue weighted by molar-refractivity contribution is -0.135. The van der Waals surface area contributed by atoms with Crippen molar-refractivity contribution in [3.05, 3.63) is 22.4 Å². The van der Waals surface area contributed by atoms with Crippen LogP contribution < -0.4 is 5.73 Å². The van der Waals surface area contributed by atoms with E-state index in [4.69, 9.17) is 5.73 Å². The molecule has 0 aliphatic heterocycles. The van der Waals surface area contributed by atoms with Crippen molar-refractivity contribution in [1.82, 2.24) is 4.90 Å². The van der Waals surface area contributed by atoms with Crippen molar-refractivity contribution in [3.63, 3.8) is 0 Å². The molecule has 2 saturated carbocycles. The zero-order valence-corrected chi connectivity index (χ0v) is 14.8. The third kappa shape index (κ3) is 4.24. The standard InChI is InChI=1S/C17H26N2OS.ClH/c18-13-17(8-2-1-3-9-17)11-16(20)19(14-6-7-14)12-15-5-4-10-21-15;/h4-5,10,14H,1-3,6-9,11-13,18H2;1H. The Labute approximate surface area is 143 Å². The lowest BCUT2D eigenvalue weighted by atomic mass is 9.71. The largest absolute Gasteiger partial charge is 0.335 e. The molecular formula is C17H27ClN2OS. The molecule has 2 aliphatic carbocycles. The van der Waals surface area contributed by atoms with Crippen LogP contribution in [0.1, 0.15) is 56.2 Å². The molecule has 0 atom stereocenters. The number of nitrogens with zero attached hydrogens (tertiary/aromatic N) is 1. The van der Waals surface area contributed by atoms with E-state index in [1.165, 1.54) is 37.0 Å². The van der Waals surface area contributed by atoms with Crippen molar-refractivity contribution >= 4 is 29.7 Å². The number of nitrogens with two attached hydrogens (primary N) is 1. The van der Waals surface area contributed by atoms with Crippen molar-refractivity contribution in [2.45, 2.75) is 64.0 Å². The number of hydrogen-bond acceptors (Lipinski definition) is 3. The summed E-state index contributed by atoms with van der Waals surface area (Å²) in [6.07, 6.45) is 9.04. The van der Waals surface area contributed by atoms with Crippen LogP contribution in [0.25, 0.3) is 0 Å². The van der Waals surface area contributed by atoms with E-state index in [-0.39, 0.29) is 17.8 Å². The molecule has 2 N–H and O–H groups in total. The summed E-state index contributed by atoms with van der Waals surface area (Å²) in [4.78, 5) is 16.3. The number of carbonyl (C=O) groups is 1. The van der Waals surface area contributed by atoms with Gasteiger partial charge in [0.15, 0.2) is 0 Å². The highest BCUT2D eigenvalue weighted by molar-refractivity contribution is 7.09. The van der Waals surface area contributed by atoms with Gasteiger partial charge in [0.05, 0.1) is 6.54 Å². The minimum absolute atomic E-state index is 0. The number of rotatable bonds is 6. The fourth-order valence-electron chi connectivity index (χ4n) is 3.55. The van der Waals surface area contributed by atoms with Crippen LogP contribution in [0.3, 0.4) is 0 Å². The quantitative estimate of drug-likeness (QED) is 0.850. The molecule has 0 radical (unpaired) electrons. The second kappa shape index (κ2) is 7.80. The van der Waals surface area contributed by atoms with E-state index in [1.807, 2.05) is 0 Å². The molecule has 0 saturated heterocycles. The summed E-state index contributed by atoms with van der Waals surface area (Å²) in [5.74, 6) is 0.332. The topological polar surface area (TPSA) is 46.3 Å². The maximum absolute atomic E-state index is 12.9. The van der Waals surface area contributed by atoms with Crippen LogP contribution >= 0.6 is 23.7 Å². The van der Waals surface area contributed by atoms with Gasteiger partial charge in [-0.05, 0) is 49.1 Å². The first kappa shape index (κ1) is 17.8. The molecule has 2 aliphatic rings. The predicted octanol–water partition coefficient (Wildman–Crippen LogP) is 3.96. The van der Waals surface area contributed by atoms with Gasteiger partial charge >= 0.3 is 0 Å². The van der Waals surface area contributed by atoms with Crippen LogP contribution in [-0.2, 0) is 11.3 Å². The zero-order chi connectivity index (χ0) is 14.7. The summed E-state index contributed by atoms with van der Waals surface area (Å²) >= 11 is 1.75. The Morgan fingerprint density at radius 1 is 1.32 bits per heavy atom. The summed E-state index contributed by atoms with van der Waals surface area (Å²) in [6.45, 7) is 1.46. The third-order valence-corrected chi connectivity index (χ3v) is 5.95. The maximum atomic E-state index is 12.9. The van der Waals surface area contributed by atoms with Gasteiger partial charge in [0, 0.05) is 17.3 Å². The van der Waals surface area contributed by atoms with Crippen molar-refractivity contribution in [1.29, 1.82) is 0 Å². The van der Waals surface area contributed by atoms with Crippen LogP contribution in [-0.4, -0.2) is 23.4 Å². The summed E-state index contributed by atoms with van der Waals surface area (Å²) in [7, 11) is 0. The molecule has 3 rings (SSSR count). The second-order valence-corrected chi connectivity index (χ2v) is 7.81. The monoisotopic (exact) mass is 342 g/mol. The molecule has 5 heteroatoms. The third-order valence-electron chi connectivity index (χ3n) is 5.09.